The van der Waals surface area contributed by atoms with Gasteiger partial charge in [-0.15, -0.1) is 0 Å². The second-order valence-electron chi connectivity index (χ2n) is 11.7. The van der Waals surface area contributed by atoms with E-state index in [0.29, 0.717) is 16.6 Å². The summed E-state index contributed by atoms with van der Waals surface area (Å²) in [6.07, 6.45) is 2.24. The van der Waals surface area contributed by atoms with E-state index in [9.17, 15) is 4.79 Å². The molecule has 1 unspecified atom stereocenters. The number of carbonyl (C=O) groups is 1. The predicted octanol–water partition coefficient (Wildman–Crippen LogP) is 6.73. The van der Waals surface area contributed by atoms with Crippen molar-refractivity contribution in [1.29, 1.82) is 0 Å². The maximum absolute atomic E-state index is 12.3. The highest BCUT2D eigenvalue weighted by molar-refractivity contribution is 6.43. The first kappa shape index (κ1) is 25.3. The summed E-state index contributed by atoms with van der Waals surface area (Å²) in [6, 6.07) is 12.6. The van der Waals surface area contributed by atoms with E-state index in [2.05, 4.69) is 75.2 Å². The van der Waals surface area contributed by atoms with Gasteiger partial charge in [0, 0.05) is 13.1 Å². The first-order valence-corrected chi connectivity index (χ1v) is 12.8. The van der Waals surface area contributed by atoms with Gasteiger partial charge < -0.3 is 9.64 Å². The summed E-state index contributed by atoms with van der Waals surface area (Å²) in [6.45, 7) is 19.2. The van der Waals surface area contributed by atoms with E-state index in [0.717, 1.165) is 40.4 Å². The summed E-state index contributed by atoms with van der Waals surface area (Å²) >= 11 is 0. The Balaban J connectivity index is 1.90. The first-order chi connectivity index (χ1) is 15.2. The average molecular weight is 466 g/mol. The van der Waals surface area contributed by atoms with E-state index in [4.69, 9.17) is 9.72 Å². The molecule has 5 nitrogen and oxygen atoms in total. The van der Waals surface area contributed by atoms with Crippen LogP contribution in [0.3, 0.4) is 0 Å². The third-order valence-corrected chi connectivity index (χ3v) is 7.55. The standard InChI is InChI=1S/C27H39N3O2Si/c1-25(2,3)32-24(31)29-21-15-23-22(28-16-21)14-20(27(7,8)33-26(4,5)6)18-30(23)17-19-12-10-9-11-13-19/h9-13,15-16,20H,14,17-18H2,1-8H3,(H,29,31). The largest absolute Gasteiger partial charge is 0.444 e. The molecular formula is C27H39N3O2Si. The number of nitrogens with zero attached hydrogens (tertiary/aromatic N) is 2. The Kier molecular flexibility index (Phi) is 7.27. The molecule has 178 valence electrons. The van der Waals surface area contributed by atoms with Gasteiger partial charge in [0.25, 0.3) is 0 Å². The highest BCUT2D eigenvalue weighted by atomic mass is 28.2. The molecule has 1 amide bonds. The maximum atomic E-state index is 12.3. The number of aromatic nitrogens is 1. The summed E-state index contributed by atoms with van der Waals surface area (Å²) in [5.74, 6) is 0.503. The van der Waals surface area contributed by atoms with Crippen molar-refractivity contribution in [3.8, 4) is 0 Å². The number of hydrogen-bond acceptors (Lipinski definition) is 4. The van der Waals surface area contributed by atoms with Gasteiger partial charge in [0.15, 0.2) is 0 Å². The van der Waals surface area contributed by atoms with Crippen molar-refractivity contribution in [2.24, 2.45) is 5.92 Å². The zero-order chi connectivity index (χ0) is 24.4. The molecule has 0 spiro atoms. The minimum atomic E-state index is -0.544. The molecule has 1 N–H and O–H groups in total. The average Bonchev–Trinajstić information content (AvgIpc) is 2.65. The van der Waals surface area contributed by atoms with Gasteiger partial charge in [0.05, 0.1) is 32.8 Å². The van der Waals surface area contributed by atoms with Crippen LogP contribution in [-0.4, -0.2) is 32.7 Å². The van der Waals surface area contributed by atoms with Crippen molar-refractivity contribution in [3.63, 3.8) is 0 Å². The van der Waals surface area contributed by atoms with E-state index in [1.54, 1.807) is 6.20 Å². The SMILES string of the molecule is CC(C)(C)OC(=O)Nc1cnc2c(c1)N(Cc1ccccc1)CC(C(C)(C)[Si]C(C)(C)C)C2. The highest BCUT2D eigenvalue weighted by Gasteiger charge is 2.39. The lowest BCUT2D eigenvalue weighted by Gasteiger charge is -2.45. The molecule has 0 fully saturated rings. The molecule has 0 saturated heterocycles. The van der Waals surface area contributed by atoms with Crippen LogP contribution < -0.4 is 10.2 Å². The molecule has 0 bridgehead atoms. The van der Waals surface area contributed by atoms with Crippen molar-refractivity contribution in [2.45, 2.75) is 84.0 Å². The van der Waals surface area contributed by atoms with E-state index >= 15 is 0 Å². The molecule has 33 heavy (non-hydrogen) atoms. The lowest BCUT2D eigenvalue weighted by molar-refractivity contribution is 0.0636. The molecule has 1 aromatic heterocycles. The van der Waals surface area contributed by atoms with Gasteiger partial charge in [-0.25, -0.2) is 4.79 Å². The molecule has 1 aliphatic rings. The zero-order valence-corrected chi connectivity index (χ0v) is 22.5. The third kappa shape index (κ3) is 7.32. The van der Waals surface area contributed by atoms with E-state index in [1.807, 2.05) is 26.8 Å². The normalized spacial score (nSPS) is 16.8. The summed E-state index contributed by atoms with van der Waals surface area (Å²) in [7, 11) is 0.855. The summed E-state index contributed by atoms with van der Waals surface area (Å²) in [5.41, 5.74) is 3.58. The van der Waals surface area contributed by atoms with Gasteiger partial charge in [-0.2, -0.15) is 0 Å². The van der Waals surface area contributed by atoms with Gasteiger partial charge in [0.1, 0.15) is 5.60 Å². The Hall–Kier alpha value is -2.34. The third-order valence-electron chi connectivity index (χ3n) is 5.75. The van der Waals surface area contributed by atoms with Crippen molar-refractivity contribution >= 4 is 27.0 Å². The van der Waals surface area contributed by atoms with Gasteiger partial charge >= 0.3 is 6.09 Å². The van der Waals surface area contributed by atoms with Crippen LogP contribution in [0.1, 0.15) is 66.6 Å². The van der Waals surface area contributed by atoms with Crippen LogP contribution in [0.15, 0.2) is 42.6 Å². The van der Waals surface area contributed by atoms with Crippen LogP contribution in [0, 0.1) is 5.92 Å². The minimum Gasteiger partial charge on any atom is -0.444 e. The Morgan fingerprint density at radius 3 is 2.39 bits per heavy atom. The smallest absolute Gasteiger partial charge is 0.412 e. The fourth-order valence-electron chi connectivity index (χ4n) is 4.57. The molecule has 2 radical (unpaired) electrons. The Morgan fingerprint density at radius 1 is 1.12 bits per heavy atom. The fraction of sp³-hybridized carbons (Fsp3) is 0.556. The number of ether oxygens (including phenoxy) is 1. The molecule has 6 heteroatoms. The van der Waals surface area contributed by atoms with Crippen LogP contribution in [0.25, 0.3) is 0 Å². The Labute approximate surface area is 202 Å². The minimum absolute atomic E-state index is 0.208. The van der Waals surface area contributed by atoms with Crippen LogP contribution in [0.5, 0.6) is 0 Å². The van der Waals surface area contributed by atoms with Gasteiger partial charge in [-0.3, -0.25) is 10.3 Å². The van der Waals surface area contributed by atoms with Gasteiger partial charge in [0.2, 0.25) is 0 Å². The fourth-order valence-corrected chi connectivity index (χ4v) is 6.90. The Bertz CT molecular complexity index is 962. The lowest BCUT2D eigenvalue weighted by Crippen LogP contribution is -2.42. The number of carbonyl (C=O) groups excluding carboxylic acids is 1. The lowest BCUT2D eigenvalue weighted by atomic mass is 9.85. The van der Waals surface area contributed by atoms with Crippen molar-refractivity contribution < 1.29 is 9.53 Å². The second kappa shape index (κ2) is 9.49. The molecule has 1 aliphatic heterocycles. The van der Waals surface area contributed by atoms with E-state index in [-0.39, 0.29) is 5.04 Å². The van der Waals surface area contributed by atoms with Crippen molar-refractivity contribution in [2.75, 3.05) is 16.8 Å². The van der Waals surface area contributed by atoms with E-state index < -0.39 is 11.7 Å². The molecule has 0 saturated carbocycles. The zero-order valence-electron chi connectivity index (χ0n) is 21.5. The number of nitrogens with one attached hydrogen (secondary N) is 1. The molecular weight excluding hydrogens is 426 g/mol. The number of anilines is 2. The van der Waals surface area contributed by atoms with Gasteiger partial charge in [-0.05, 0) is 54.8 Å². The van der Waals surface area contributed by atoms with Crippen LogP contribution in [-0.2, 0) is 17.7 Å². The molecule has 0 aliphatic carbocycles. The van der Waals surface area contributed by atoms with Crippen LogP contribution in [0.2, 0.25) is 10.1 Å². The molecule has 2 heterocycles. The second-order valence-corrected chi connectivity index (χ2v) is 14.7. The number of pyridine rings is 1. The number of benzene rings is 1. The summed E-state index contributed by atoms with van der Waals surface area (Å²) in [4.78, 5) is 19.6. The molecule has 1 aromatic carbocycles. The van der Waals surface area contributed by atoms with E-state index in [1.165, 1.54) is 5.56 Å². The monoisotopic (exact) mass is 465 g/mol. The molecule has 2 aromatic rings. The maximum Gasteiger partial charge on any atom is 0.412 e. The van der Waals surface area contributed by atoms with Gasteiger partial charge in [-0.1, -0.05) is 65.0 Å². The number of hydrogen-bond donors (Lipinski definition) is 1. The number of rotatable bonds is 5. The van der Waals surface area contributed by atoms with Crippen molar-refractivity contribution in [1.82, 2.24) is 4.98 Å². The predicted molar refractivity (Wildman–Crippen MR) is 138 cm³/mol. The van der Waals surface area contributed by atoms with Crippen LogP contribution >= 0.6 is 0 Å². The topological polar surface area (TPSA) is 54.5 Å². The quantitative estimate of drug-likeness (QED) is 0.498. The van der Waals surface area contributed by atoms with Crippen molar-refractivity contribution in [3.05, 3.63) is 53.9 Å². The Morgan fingerprint density at radius 2 is 1.79 bits per heavy atom. The number of amides is 1. The first-order valence-electron chi connectivity index (χ1n) is 11.8. The molecule has 3 rings (SSSR count). The summed E-state index contributed by atoms with van der Waals surface area (Å²) < 4.78 is 5.43. The van der Waals surface area contributed by atoms with Crippen LogP contribution in [0.4, 0.5) is 16.2 Å². The number of fused-ring (bicyclic) bond motifs is 1. The molecule has 1 atom stereocenters. The summed E-state index contributed by atoms with van der Waals surface area (Å²) in [5, 5.41) is 3.36. The highest BCUT2D eigenvalue weighted by Crippen LogP contribution is 2.46.